The Balaban J connectivity index is 2.15. The topological polar surface area (TPSA) is 123 Å². The van der Waals surface area contributed by atoms with E-state index in [4.69, 9.17) is 0 Å². The van der Waals surface area contributed by atoms with Gasteiger partial charge in [-0.3, -0.25) is 10.1 Å². The van der Waals surface area contributed by atoms with Crippen LogP contribution in [0.1, 0.15) is 30.7 Å². The van der Waals surface area contributed by atoms with Gasteiger partial charge in [0.25, 0.3) is 0 Å². The largest absolute Gasteiger partial charge is 0.392 e. The minimum Gasteiger partial charge on any atom is -0.392 e. The van der Waals surface area contributed by atoms with Crippen molar-refractivity contribution in [3.63, 3.8) is 0 Å². The second-order valence-electron chi connectivity index (χ2n) is 4.98. The zero-order valence-corrected chi connectivity index (χ0v) is 10.5. The Morgan fingerprint density at radius 3 is 2.50 bits per heavy atom. The van der Waals surface area contributed by atoms with Gasteiger partial charge in [-0.1, -0.05) is 0 Å². The van der Waals surface area contributed by atoms with Gasteiger partial charge in [0, 0.05) is 12.0 Å². The zero-order valence-electron chi connectivity index (χ0n) is 10.5. The molecule has 106 valence electrons. The van der Waals surface area contributed by atoms with Crippen molar-refractivity contribution in [3.05, 3.63) is 27.8 Å². The van der Waals surface area contributed by atoms with Crippen LogP contribution in [0.4, 0.5) is 5.69 Å². The van der Waals surface area contributed by atoms with Crippen molar-refractivity contribution in [1.82, 2.24) is 10.3 Å². The lowest BCUT2D eigenvalue weighted by atomic mass is 9.79. The number of nitrogens with zero attached hydrogens (tertiary/aromatic N) is 3. The molecule has 0 aliphatic heterocycles. The molecule has 1 heterocycles. The predicted octanol–water partition coefficient (Wildman–Crippen LogP) is 1.12. The molecule has 1 fully saturated rings. The highest BCUT2D eigenvalue weighted by Crippen LogP contribution is 2.38. The van der Waals surface area contributed by atoms with Crippen LogP contribution in [-0.4, -0.2) is 37.7 Å². The molecular formula is C12H13N3O5. The maximum atomic E-state index is 10.9. The Bertz CT molecular complexity index is 646. The number of aliphatic hydroxyl groups excluding tert-OH is 2. The first-order valence-corrected chi connectivity index (χ1v) is 6.35. The lowest BCUT2D eigenvalue weighted by Crippen LogP contribution is -2.34. The molecule has 1 saturated carbocycles. The number of aliphatic hydroxyl groups is 2. The Morgan fingerprint density at radius 1 is 1.20 bits per heavy atom. The van der Waals surface area contributed by atoms with E-state index in [-0.39, 0.29) is 16.7 Å². The number of non-ortho nitro benzene ring substituents is 1. The van der Waals surface area contributed by atoms with Gasteiger partial charge in [0.1, 0.15) is 5.52 Å². The third-order valence-electron chi connectivity index (χ3n) is 3.81. The molecule has 1 aliphatic carbocycles. The summed E-state index contributed by atoms with van der Waals surface area (Å²) in [4.78, 5) is 10.4. The normalized spacial score (nSPS) is 26.8. The molecule has 2 atom stereocenters. The summed E-state index contributed by atoms with van der Waals surface area (Å²) in [5.74, 6) is -0.529. The molecule has 1 aromatic heterocycles. The number of rotatable bonds is 2. The van der Waals surface area contributed by atoms with Crippen molar-refractivity contribution < 1.29 is 19.8 Å². The van der Waals surface area contributed by atoms with Gasteiger partial charge in [-0.25, -0.2) is 4.63 Å². The van der Waals surface area contributed by atoms with Crippen molar-refractivity contribution >= 4 is 16.7 Å². The van der Waals surface area contributed by atoms with Gasteiger partial charge < -0.3 is 10.2 Å². The number of nitro groups is 1. The third kappa shape index (κ3) is 1.93. The number of nitro benzene ring substituents is 1. The first-order chi connectivity index (χ1) is 9.59. The first kappa shape index (κ1) is 12.9. The number of benzene rings is 1. The molecule has 0 amide bonds. The second-order valence-corrected chi connectivity index (χ2v) is 4.98. The van der Waals surface area contributed by atoms with E-state index in [1.165, 1.54) is 12.1 Å². The molecular weight excluding hydrogens is 266 g/mol. The standard InChI is InChI=1S/C12H13N3O5/c16-8-2-1-3-9(17)10(8)6-4-5-7(15(18)19)12-11(6)13-20-14-12/h4-5,8-10,16-17H,1-3H2. The van der Waals surface area contributed by atoms with Crippen molar-refractivity contribution in [2.45, 2.75) is 37.4 Å². The van der Waals surface area contributed by atoms with Gasteiger partial charge in [0.15, 0.2) is 0 Å². The van der Waals surface area contributed by atoms with Crippen molar-refractivity contribution in [1.29, 1.82) is 0 Å². The highest BCUT2D eigenvalue weighted by Gasteiger charge is 2.35. The number of aromatic nitrogens is 2. The highest BCUT2D eigenvalue weighted by molar-refractivity contribution is 5.86. The summed E-state index contributed by atoms with van der Waals surface area (Å²) in [6, 6.07) is 2.81. The van der Waals surface area contributed by atoms with Crippen LogP contribution in [-0.2, 0) is 0 Å². The summed E-state index contributed by atoms with van der Waals surface area (Å²) in [5, 5.41) is 38.4. The van der Waals surface area contributed by atoms with Crippen molar-refractivity contribution in [3.8, 4) is 0 Å². The molecule has 8 heteroatoms. The van der Waals surface area contributed by atoms with Gasteiger partial charge in [0.2, 0.25) is 5.52 Å². The summed E-state index contributed by atoms with van der Waals surface area (Å²) in [7, 11) is 0. The highest BCUT2D eigenvalue weighted by atomic mass is 16.6. The quantitative estimate of drug-likeness (QED) is 0.623. The summed E-state index contributed by atoms with van der Waals surface area (Å²) in [6.07, 6.45) is 0.475. The Kier molecular flexibility index (Phi) is 3.11. The lowest BCUT2D eigenvalue weighted by Gasteiger charge is -2.32. The minimum atomic E-state index is -0.708. The molecule has 1 aromatic carbocycles. The van der Waals surface area contributed by atoms with E-state index < -0.39 is 23.0 Å². The summed E-state index contributed by atoms with van der Waals surface area (Å²) >= 11 is 0. The van der Waals surface area contributed by atoms with Crippen LogP contribution in [0.15, 0.2) is 16.8 Å². The first-order valence-electron chi connectivity index (χ1n) is 6.35. The Labute approximate surface area is 113 Å². The van der Waals surface area contributed by atoms with Crippen LogP contribution in [0.5, 0.6) is 0 Å². The van der Waals surface area contributed by atoms with Crippen molar-refractivity contribution in [2.24, 2.45) is 0 Å². The van der Waals surface area contributed by atoms with Crippen molar-refractivity contribution in [2.75, 3.05) is 0 Å². The van der Waals surface area contributed by atoms with E-state index in [0.717, 1.165) is 6.42 Å². The fraction of sp³-hybridized carbons (Fsp3) is 0.500. The lowest BCUT2D eigenvalue weighted by molar-refractivity contribution is -0.383. The van der Waals surface area contributed by atoms with E-state index in [2.05, 4.69) is 14.9 Å². The van der Waals surface area contributed by atoms with Gasteiger partial charge in [-0.2, -0.15) is 0 Å². The van der Waals surface area contributed by atoms with Gasteiger partial charge in [-0.05, 0) is 41.2 Å². The van der Waals surface area contributed by atoms with E-state index in [0.29, 0.717) is 18.4 Å². The van der Waals surface area contributed by atoms with E-state index in [1.54, 1.807) is 0 Å². The van der Waals surface area contributed by atoms with Crippen LogP contribution in [0, 0.1) is 10.1 Å². The molecule has 0 radical (unpaired) electrons. The van der Waals surface area contributed by atoms with Gasteiger partial charge in [0.05, 0.1) is 17.1 Å². The Hall–Kier alpha value is -2.06. The molecule has 0 spiro atoms. The fourth-order valence-electron chi connectivity index (χ4n) is 2.86. The van der Waals surface area contributed by atoms with Gasteiger partial charge in [-0.15, -0.1) is 0 Å². The molecule has 2 unspecified atom stereocenters. The average molecular weight is 279 g/mol. The number of fused-ring (bicyclic) bond motifs is 1. The monoisotopic (exact) mass is 279 g/mol. The number of hydrogen-bond donors (Lipinski definition) is 2. The van der Waals surface area contributed by atoms with E-state index >= 15 is 0 Å². The number of hydrogen-bond acceptors (Lipinski definition) is 7. The maximum absolute atomic E-state index is 10.9. The van der Waals surface area contributed by atoms with E-state index in [9.17, 15) is 20.3 Å². The van der Waals surface area contributed by atoms with Crippen LogP contribution in [0.3, 0.4) is 0 Å². The molecule has 8 nitrogen and oxygen atoms in total. The minimum absolute atomic E-state index is 0.0393. The Morgan fingerprint density at radius 2 is 1.85 bits per heavy atom. The molecule has 2 aromatic rings. The molecule has 0 saturated heterocycles. The second kappa shape index (κ2) is 4.80. The smallest absolute Gasteiger partial charge is 0.300 e. The molecule has 1 aliphatic rings. The fourth-order valence-corrected chi connectivity index (χ4v) is 2.86. The molecule has 20 heavy (non-hydrogen) atoms. The summed E-state index contributed by atoms with van der Waals surface area (Å²) in [5.41, 5.74) is 0.595. The summed E-state index contributed by atoms with van der Waals surface area (Å²) < 4.78 is 4.59. The van der Waals surface area contributed by atoms with Gasteiger partial charge >= 0.3 is 5.69 Å². The van der Waals surface area contributed by atoms with Crippen LogP contribution < -0.4 is 0 Å². The summed E-state index contributed by atoms with van der Waals surface area (Å²) in [6.45, 7) is 0. The van der Waals surface area contributed by atoms with Crippen LogP contribution >= 0.6 is 0 Å². The van der Waals surface area contributed by atoms with Crippen LogP contribution in [0.2, 0.25) is 0 Å². The molecule has 0 bridgehead atoms. The SMILES string of the molecule is O=[N+]([O-])c1ccc(C2C(O)CCCC2O)c2nonc12. The zero-order chi connectivity index (χ0) is 14.3. The predicted molar refractivity (Wildman–Crippen MR) is 67.1 cm³/mol. The van der Waals surface area contributed by atoms with E-state index in [1.807, 2.05) is 0 Å². The average Bonchev–Trinajstić information content (AvgIpc) is 2.87. The third-order valence-corrected chi connectivity index (χ3v) is 3.81. The maximum Gasteiger partial charge on any atom is 0.300 e. The molecule has 2 N–H and O–H groups in total. The van der Waals surface area contributed by atoms with Crippen LogP contribution in [0.25, 0.3) is 11.0 Å². The molecule has 3 rings (SSSR count).